The number of anilines is 1. The highest BCUT2D eigenvalue weighted by molar-refractivity contribution is 9.10. The molecule has 4 aromatic rings. The van der Waals surface area contributed by atoms with Crippen molar-refractivity contribution in [3.63, 3.8) is 0 Å². The second-order valence-electron chi connectivity index (χ2n) is 7.71. The zero-order valence-corrected chi connectivity index (χ0v) is 22.9. The van der Waals surface area contributed by atoms with Crippen molar-refractivity contribution < 1.29 is 14.2 Å². The number of nitrogens with zero attached hydrogens (tertiary/aromatic N) is 7. The van der Waals surface area contributed by atoms with Gasteiger partial charge in [0.2, 0.25) is 11.6 Å². The van der Waals surface area contributed by atoms with Gasteiger partial charge in [-0.2, -0.15) is 9.78 Å². The first kappa shape index (κ1) is 25.9. The molecule has 15 heteroatoms. The van der Waals surface area contributed by atoms with E-state index in [9.17, 15) is 4.79 Å². The van der Waals surface area contributed by atoms with Crippen LogP contribution < -0.4 is 15.9 Å². The number of para-hydroxylation sites is 1. The Morgan fingerprint density at radius 3 is 2.87 bits per heavy atom. The lowest BCUT2D eigenvalue weighted by Crippen LogP contribution is -2.20. The number of nitrogens with one attached hydrogen (secondary N) is 1. The molecule has 0 radical (unpaired) electrons. The maximum atomic E-state index is 13.0. The van der Waals surface area contributed by atoms with Crippen LogP contribution in [0.3, 0.4) is 0 Å². The highest BCUT2D eigenvalue weighted by Gasteiger charge is 2.24. The summed E-state index contributed by atoms with van der Waals surface area (Å²) in [4.78, 5) is 17.5. The zero-order chi connectivity index (χ0) is 26.3. The number of thioether (sulfide) groups is 2. The summed E-state index contributed by atoms with van der Waals surface area (Å²) in [6, 6.07) is 15.3. The number of aliphatic imine (C=N–C) groups is 1. The minimum Gasteiger partial charge on any atom is -0.488 e. The van der Waals surface area contributed by atoms with Crippen LogP contribution in [0.1, 0.15) is 27.3 Å². The van der Waals surface area contributed by atoms with E-state index in [1.807, 2.05) is 48.5 Å². The largest absolute Gasteiger partial charge is 0.488 e. The standard InChI is InChI=1S/C23H20BrN9O3S2/c24-16-7-5-14(6-8-16)12-35-18-4-2-1-3-15(18)11-27-29-22(34)19-17(13-38-23-26-9-10-37-23)33(32-28-19)21-20(25)30-36-31-21/h1-8,11H,9-10,12-13H2,(H2,25,30)(H,29,34)/b27-11-. The number of aromatic nitrogens is 5. The van der Waals surface area contributed by atoms with Crippen LogP contribution in [-0.2, 0) is 12.4 Å². The molecule has 2 aromatic heterocycles. The Kier molecular flexibility index (Phi) is 8.35. The second kappa shape index (κ2) is 12.2. The number of hydrogen-bond acceptors (Lipinski definition) is 12. The molecular formula is C23H20BrN9O3S2. The van der Waals surface area contributed by atoms with Crippen molar-refractivity contribution in [1.82, 2.24) is 30.7 Å². The number of carbonyl (C=O) groups is 1. The van der Waals surface area contributed by atoms with Gasteiger partial charge in [0.15, 0.2) is 5.69 Å². The molecule has 194 valence electrons. The van der Waals surface area contributed by atoms with Gasteiger partial charge in [0, 0.05) is 21.5 Å². The Labute approximate surface area is 233 Å². The van der Waals surface area contributed by atoms with Gasteiger partial charge < -0.3 is 10.5 Å². The van der Waals surface area contributed by atoms with E-state index in [0.29, 0.717) is 29.4 Å². The van der Waals surface area contributed by atoms with Crippen LogP contribution in [0.25, 0.3) is 5.82 Å². The summed E-state index contributed by atoms with van der Waals surface area (Å²) in [5, 5.41) is 19.6. The topological polar surface area (TPSA) is 159 Å². The minimum atomic E-state index is -0.549. The molecule has 5 rings (SSSR count). The summed E-state index contributed by atoms with van der Waals surface area (Å²) >= 11 is 6.55. The van der Waals surface area contributed by atoms with Crippen LogP contribution >= 0.6 is 39.5 Å². The number of ether oxygens (including phenoxy) is 1. The van der Waals surface area contributed by atoms with Gasteiger partial charge in [0.1, 0.15) is 16.7 Å². The summed E-state index contributed by atoms with van der Waals surface area (Å²) in [6.07, 6.45) is 1.51. The molecule has 0 saturated carbocycles. The SMILES string of the molecule is Nc1nonc1-n1nnc(C(=O)N/N=C\c2ccccc2OCc2ccc(Br)cc2)c1CSC1=NCCS1. The molecule has 0 atom stereocenters. The fourth-order valence-corrected chi connectivity index (χ4v) is 5.59. The summed E-state index contributed by atoms with van der Waals surface area (Å²) in [7, 11) is 0. The molecule has 1 aliphatic rings. The molecule has 3 N–H and O–H groups in total. The van der Waals surface area contributed by atoms with Crippen molar-refractivity contribution in [2.45, 2.75) is 12.4 Å². The smallest absolute Gasteiger partial charge is 0.293 e. The lowest BCUT2D eigenvalue weighted by atomic mass is 10.2. The van der Waals surface area contributed by atoms with Gasteiger partial charge in [-0.05, 0) is 40.1 Å². The second-order valence-corrected chi connectivity index (χ2v) is 10.9. The Morgan fingerprint density at radius 1 is 1.26 bits per heavy atom. The maximum absolute atomic E-state index is 13.0. The fourth-order valence-electron chi connectivity index (χ4n) is 3.32. The van der Waals surface area contributed by atoms with Gasteiger partial charge in [0.25, 0.3) is 5.91 Å². The van der Waals surface area contributed by atoms with E-state index >= 15 is 0 Å². The van der Waals surface area contributed by atoms with Crippen molar-refractivity contribution in [3.8, 4) is 11.6 Å². The Morgan fingerprint density at radius 2 is 2.11 bits per heavy atom. The third kappa shape index (κ3) is 6.23. The van der Waals surface area contributed by atoms with E-state index in [1.54, 1.807) is 11.8 Å². The number of nitrogens with two attached hydrogens (primary N) is 1. The van der Waals surface area contributed by atoms with Gasteiger partial charge in [-0.3, -0.25) is 9.79 Å². The van der Waals surface area contributed by atoms with Crippen molar-refractivity contribution >= 4 is 61.8 Å². The number of nitrogen functional groups attached to an aromatic ring is 1. The predicted octanol–water partition coefficient (Wildman–Crippen LogP) is 3.67. The van der Waals surface area contributed by atoms with E-state index in [0.717, 1.165) is 26.7 Å². The van der Waals surface area contributed by atoms with Crippen molar-refractivity contribution in [2.24, 2.45) is 10.1 Å². The van der Waals surface area contributed by atoms with Gasteiger partial charge in [0.05, 0.1) is 18.5 Å². The van der Waals surface area contributed by atoms with Gasteiger partial charge >= 0.3 is 0 Å². The zero-order valence-electron chi connectivity index (χ0n) is 19.7. The number of rotatable bonds is 9. The average Bonchev–Trinajstić information content (AvgIpc) is 3.69. The Bertz CT molecular complexity index is 1490. The quantitative estimate of drug-likeness (QED) is 0.210. The molecule has 0 fully saturated rings. The first-order valence-electron chi connectivity index (χ1n) is 11.2. The van der Waals surface area contributed by atoms with E-state index < -0.39 is 5.91 Å². The monoisotopic (exact) mass is 613 g/mol. The molecule has 2 aromatic carbocycles. The van der Waals surface area contributed by atoms with Crippen molar-refractivity contribution in [3.05, 3.63) is 75.5 Å². The van der Waals surface area contributed by atoms with Gasteiger partial charge in [-0.25, -0.2) is 10.1 Å². The van der Waals surface area contributed by atoms with E-state index in [4.69, 9.17) is 15.1 Å². The van der Waals surface area contributed by atoms with Crippen molar-refractivity contribution in [2.75, 3.05) is 18.0 Å². The maximum Gasteiger partial charge on any atom is 0.293 e. The first-order chi connectivity index (χ1) is 18.6. The molecule has 38 heavy (non-hydrogen) atoms. The number of benzene rings is 2. The predicted molar refractivity (Wildman–Crippen MR) is 150 cm³/mol. The van der Waals surface area contributed by atoms with Crippen molar-refractivity contribution in [1.29, 1.82) is 0 Å². The number of amides is 1. The first-order valence-corrected chi connectivity index (χ1v) is 14.0. The number of halogens is 1. The average molecular weight is 615 g/mol. The highest BCUT2D eigenvalue weighted by Crippen LogP contribution is 2.27. The third-order valence-electron chi connectivity index (χ3n) is 5.16. The van der Waals surface area contributed by atoms with Crippen LogP contribution in [-0.4, -0.2) is 54.1 Å². The summed E-state index contributed by atoms with van der Waals surface area (Å²) in [5.74, 6) is 1.53. The van der Waals surface area contributed by atoms with Crippen LogP contribution in [0.15, 0.2) is 67.7 Å². The molecule has 12 nitrogen and oxygen atoms in total. The highest BCUT2D eigenvalue weighted by atomic mass is 79.9. The molecule has 3 heterocycles. The third-order valence-corrected chi connectivity index (χ3v) is 7.95. The van der Waals surface area contributed by atoms with Gasteiger partial charge in [-0.1, -0.05) is 68.9 Å². The Hall–Kier alpha value is -3.69. The van der Waals surface area contributed by atoms with Crippen LogP contribution in [0.5, 0.6) is 5.75 Å². The summed E-state index contributed by atoms with van der Waals surface area (Å²) in [6.45, 7) is 1.15. The van der Waals surface area contributed by atoms with E-state index in [2.05, 4.69) is 52.1 Å². The lowest BCUT2D eigenvalue weighted by Gasteiger charge is -2.09. The Balaban J connectivity index is 1.30. The molecule has 0 saturated heterocycles. The van der Waals surface area contributed by atoms with E-state index in [-0.39, 0.29) is 17.3 Å². The molecule has 0 bridgehead atoms. The molecule has 1 amide bonds. The number of hydrogen-bond donors (Lipinski definition) is 2. The normalized spacial score (nSPS) is 13.1. The minimum absolute atomic E-state index is 0.0263. The summed E-state index contributed by atoms with van der Waals surface area (Å²) in [5.41, 5.74) is 10.6. The van der Waals surface area contributed by atoms with Gasteiger partial charge in [-0.15, -0.1) is 5.10 Å². The fraction of sp³-hybridized carbons (Fsp3) is 0.174. The van der Waals surface area contributed by atoms with Crippen LogP contribution in [0.2, 0.25) is 0 Å². The molecule has 1 aliphatic heterocycles. The van der Waals surface area contributed by atoms with E-state index in [1.165, 1.54) is 22.7 Å². The number of carbonyl (C=O) groups excluding carboxylic acids is 1. The van der Waals surface area contributed by atoms with Crippen LogP contribution in [0.4, 0.5) is 5.82 Å². The molecule has 0 unspecified atom stereocenters. The molecule has 0 aliphatic carbocycles. The summed E-state index contributed by atoms with van der Waals surface area (Å²) < 4.78 is 13.9. The number of hydrazone groups is 1. The van der Waals surface area contributed by atoms with Crippen LogP contribution in [0, 0.1) is 0 Å². The lowest BCUT2D eigenvalue weighted by molar-refractivity contribution is 0.0949. The molecular weight excluding hydrogens is 594 g/mol. The molecule has 0 spiro atoms.